The monoisotopic (exact) mass is 301 g/mol. The third-order valence-corrected chi connectivity index (χ3v) is 2.65. The number of alkyl halides is 3. The number of H-pyrrole nitrogens is 1. The molecule has 0 aliphatic heterocycles. The Balaban J connectivity index is 2.02. The lowest BCUT2D eigenvalue weighted by Gasteiger charge is -2.09. The molecule has 1 aromatic carbocycles. The Morgan fingerprint density at radius 1 is 1.19 bits per heavy atom. The van der Waals surface area contributed by atoms with Gasteiger partial charge in [-0.1, -0.05) is 12.1 Å². The highest BCUT2D eigenvalue weighted by molar-refractivity contribution is 5.27. The average Bonchev–Trinajstić information content (AvgIpc) is 2.39. The highest BCUT2D eigenvalue weighted by Crippen LogP contribution is 2.26. The number of aromatic amines is 1. The number of aromatic nitrogens is 2. The summed E-state index contributed by atoms with van der Waals surface area (Å²) in [7, 11) is 0. The average molecular weight is 301 g/mol. The molecule has 0 unspecified atom stereocenters. The second-order valence-corrected chi connectivity index (χ2v) is 4.28. The van der Waals surface area contributed by atoms with E-state index in [0.29, 0.717) is 12.5 Å². The lowest BCUT2D eigenvalue weighted by molar-refractivity contribution is -0.141. The summed E-state index contributed by atoms with van der Waals surface area (Å²) in [6, 6.07) is 6.11. The second-order valence-electron chi connectivity index (χ2n) is 4.28. The first-order valence-corrected chi connectivity index (χ1v) is 6.01. The van der Waals surface area contributed by atoms with Crippen molar-refractivity contribution in [2.24, 2.45) is 0 Å². The molecule has 112 valence electrons. The van der Waals surface area contributed by atoms with Gasteiger partial charge < -0.3 is 5.32 Å². The largest absolute Gasteiger partial charge is 0.433 e. The van der Waals surface area contributed by atoms with Crippen LogP contribution in [0, 0.1) is 5.82 Å². The van der Waals surface area contributed by atoms with Crippen molar-refractivity contribution in [1.29, 1.82) is 0 Å². The fourth-order valence-electron chi connectivity index (χ4n) is 1.66. The van der Waals surface area contributed by atoms with E-state index in [-0.39, 0.29) is 18.3 Å². The normalized spacial score (nSPS) is 11.4. The van der Waals surface area contributed by atoms with E-state index < -0.39 is 17.4 Å². The zero-order chi connectivity index (χ0) is 15.5. The van der Waals surface area contributed by atoms with Crippen molar-refractivity contribution >= 4 is 5.95 Å². The first kappa shape index (κ1) is 15.0. The zero-order valence-electron chi connectivity index (χ0n) is 10.7. The van der Waals surface area contributed by atoms with Crippen LogP contribution in [0.1, 0.15) is 11.3 Å². The minimum atomic E-state index is -4.68. The number of anilines is 1. The van der Waals surface area contributed by atoms with Crippen molar-refractivity contribution in [3.63, 3.8) is 0 Å². The molecule has 0 amide bonds. The topological polar surface area (TPSA) is 57.8 Å². The predicted molar refractivity (Wildman–Crippen MR) is 68.5 cm³/mol. The summed E-state index contributed by atoms with van der Waals surface area (Å²) in [5.41, 5.74) is -1.34. The molecular weight excluding hydrogens is 290 g/mol. The van der Waals surface area contributed by atoms with Crippen molar-refractivity contribution in [3.05, 3.63) is 57.8 Å². The molecule has 0 atom stereocenters. The molecule has 0 bridgehead atoms. The summed E-state index contributed by atoms with van der Waals surface area (Å²) in [6.45, 7) is 0.246. The van der Waals surface area contributed by atoms with E-state index in [4.69, 9.17) is 0 Å². The predicted octanol–water partition coefficient (Wildman–Crippen LogP) is 2.58. The molecule has 0 radical (unpaired) electrons. The molecule has 0 saturated heterocycles. The molecule has 21 heavy (non-hydrogen) atoms. The quantitative estimate of drug-likeness (QED) is 0.853. The van der Waals surface area contributed by atoms with E-state index >= 15 is 0 Å². The molecular formula is C13H11F4N3O. The Kier molecular flexibility index (Phi) is 4.25. The lowest BCUT2D eigenvalue weighted by atomic mass is 10.1. The number of nitrogens with zero attached hydrogens (tertiary/aromatic N) is 1. The van der Waals surface area contributed by atoms with Gasteiger partial charge in [0.25, 0.3) is 5.56 Å². The Morgan fingerprint density at radius 2 is 1.86 bits per heavy atom. The van der Waals surface area contributed by atoms with Gasteiger partial charge in [-0.05, 0) is 24.1 Å². The van der Waals surface area contributed by atoms with Crippen LogP contribution in [0.25, 0.3) is 0 Å². The van der Waals surface area contributed by atoms with Gasteiger partial charge in [0.15, 0.2) is 5.69 Å². The van der Waals surface area contributed by atoms with Crippen LogP contribution >= 0.6 is 0 Å². The van der Waals surface area contributed by atoms with E-state index in [1.807, 2.05) is 0 Å². The van der Waals surface area contributed by atoms with E-state index in [1.165, 1.54) is 12.1 Å². The van der Waals surface area contributed by atoms with Crippen LogP contribution in [-0.2, 0) is 12.6 Å². The van der Waals surface area contributed by atoms with Gasteiger partial charge in [0.1, 0.15) is 5.82 Å². The van der Waals surface area contributed by atoms with E-state index in [0.717, 1.165) is 5.56 Å². The molecule has 1 aromatic heterocycles. The van der Waals surface area contributed by atoms with Crippen LogP contribution in [0.5, 0.6) is 0 Å². The molecule has 0 aliphatic carbocycles. The summed E-state index contributed by atoms with van der Waals surface area (Å²) < 4.78 is 50.2. The Hall–Kier alpha value is -2.38. The summed E-state index contributed by atoms with van der Waals surface area (Å²) >= 11 is 0. The van der Waals surface area contributed by atoms with Crippen molar-refractivity contribution < 1.29 is 17.6 Å². The summed E-state index contributed by atoms with van der Waals surface area (Å²) in [6.07, 6.45) is -4.23. The fraction of sp³-hybridized carbons (Fsp3) is 0.231. The molecule has 0 aliphatic rings. The SMILES string of the molecule is O=c1cc(C(F)(F)F)nc(NCCc2ccc(F)cc2)[nH]1. The third-order valence-electron chi connectivity index (χ3n) is 2.65. The minimum Gasteiger partial charge on any atom is -0.355 e. The van der Waals surface area contributed by atoms with Gasteiger partial charge in [0, 0.05) is 12.6 Å². The molecule has 2 rings (SSSR count). The van der Waals surface area contributed by atoms with Crippen LogP contribution in [-0.4, -0.2) is 16.5 Å². The van der Waals surface area contributed by atoms with Crippen molar-refractivity contribution in [1.82, 2.24) is 9.97 Å². The summed E-state index contributed by atoms with van der Waals surface area (Å²) in [5.74, 6) is -0.618. The number of nitrogens with one attached hydrogen (secondary N) is 2. The maximum atomic E-state index is 12.7. The molecule has 0 spiro atoms. The van der Waals surface area contributed by atoms with Crippen molar-refractivity contribution in [3.8, 4) is 0 Å². The molecule has 0 saturated carbocycles. The molecule has 2 aromatic rings. The number of hydrogen-bond donors (Lipinski definition) is 2. The molecule has 4 nitrogen and oxygen atoms in total. The number of halogens is 4. The van der Waals surface area contributed by atoms with Gasteiger partial charge in [0.2, 0.25) is 5.95 Å². The third kappa shape index (κ3) is 4.30. The van der Waals surface area contributed by atoms with Crippen molar-refractivity contribution in [2.45, 2.75) is 12.6 Å². The van der Waals surface area contributed by atoms with Gasteiger partial charge in [0.05, 0.1) is 0 Å². The highest BCUT2D eigenvalue weighted by Gasteiger charge is 2.33. The van der Waals surface area contributed by atoms with Crippen molar-refractivity contribution in [2.75, 3.05) is 11.9 Å². The molecule has 1 heterocycles. The maximum absolute atomic E-state index is 12.7. The van der Waals surface area contributed by atoms with Gasteiger partial charge in [-0.3, -0.25) is 9.78 Å². The van der Waals surface area contributed by atoms with Crippen LogP contribution in [0.15, 0.2) is 35.1 Å². The van der Waals surface area contributed by atoms with Crippen LogP contribution in [0.4, 0.5) is 23.5 Å². The first-order valence-electron chi connectivity index (χ1n) is 6.01. The first-order chi connectivity index (χ1) is 9.84. The second kappa shape index (κ2) is 5.94. The standard InChI is InChI=1S/C13H11F4N3O/c14-9-3-1-8(2-4-9)5-6-18-12-19-10(13(15,16)17)7-11(21)20-12/h1-4,7H,5-6H2,(H2,18,19,20,21). The maximum Gasteiger partial charge on any atom is 0.433 e. The van der Waals surface area contributed by atoms with E-state index in [9.17, 15) is 22.4 Å². The number of hydrogen-bond acceptors (Lipinski definition) is 3. The highest BCUT2D eigenvalue weighted by atomic mass is 19.4. The van der Waals surface area contributed by atoms with Gasteiger partial charge in [-0.2, -0.15) is 13.2 Å². The molecule has 8 heteroatoms. The van der Waals surface area contributed by atoms with Crippen LogP contribution in [0.2, 0.25) is 0 Å². The van der Waals surface area contributed by atoms with Crippen LogP contribution < -0.4 is 10.9 Å². The Bertz CT molecular complexity index is 664. The number of rotatable bonds is 4. The Morgan fingerprint density at radius 3 is 2.48 bits per heavy atom. The lowest BCUT2D eigenvalue weighted by Crippen LogP contribution is -2.19. The summed E-state index contributed by atoms with van der Waals surface area (Å²) in [4.78, 5) is 16.6. The number of benzene rings is 1. The molecule has 0 fully saturated rings. The van der Waals surface area contributed by atoms with Gasteiger partial charge in [-0.15, -0.1) is 0 Å². The minimum absolute atomic E-state index is 0.246. The van der Waals surface area contributed by atoms with Gasteiger partial charge in [-0.25, -0.2) is 9.37 Å². The fourth-order valence-corrected chi connectivity index (χ4v) is 1.66. The smallest absolute Gasteiger partial charge is 0.355 e. The van der Waals surface area contributed by atoms with Crippen LogP contribution in [0.3, 0.4) is 0 Å². The van der Waals surface area contributed by atoms with E-state index in [1.54, 1.807) is 12.1 Å². The van der Waals surface area contributed by atoms with E-state index in [2.05, 4.69) is 15.3 Å². The molecule has 2 N–H and O–H groups in total. The summed E-state index contributed by atoms with van der Waals surface area (Å²) in [5, 5.41) is 2.60. The van der Waals surface area contributed by atoms with Gasteiger partial charge >= 0.3 is 6.18 Å². The zero-order valence-corrected chi connectivity index (χ0v) is 10.7. The Labute approximate surface area is 116 Å².